The first-order chi connectivity index (χ1) is 14.8. The molecule has 0 spiro atoms. The van der Waals surface area contributed by atoms with Crippen molar-refractivity contribution in [3.05, 3.63) is 87.5 Å². The maximum Gasteiger partial charge on any atom is 0.258 e. The van der Waals surface area contributed by atoms with Crippen molar-refractivity contribution < 1.29 is 19.4 Å². The van der Waals surface area contributed by atoms with E-state index in [1.54, 1.807) is 18.2 Å². The molecule has 2 aromatic heterocycles. The number of carbonyl (C=O) groups excluding carboxylic acids is 1. The SMILES string of the molecule is O=C(Nc1c(Cl)cncc1Cl)C(O)c1c(Cc2ccc(F)cc2)[nH]c2ccc(O)cc12. The van der Waals surface area contributed by atoms with Gasteiger partial charge in [0, 0.05) is 41.0 Å². The Balaban J connectivity index is 1.74. The van der Waals surface area contributed by atoms with Gasteiger partial charge in [-0.25, -0.2) is 4.39 Å². The van der Waals surface area contributed by atoms with Crippen LogP contribution in [0.5, 0.6) is 5.75 Å². The largest absolute Gasteiger partial charge is 0.508 e. The number of halogens is 3. The maximum atomic E-state index is 13.3. The lowest BCUT2D eigenvalue weighted by Gasteiger charge is -2.15. The Morgan fingerprint density at radius 3 is 2.48 bits per heavy atom. The molecule has 0 aliphatic rings. The van der Waals surface area contributed by atoms with Gasteiger partial charge in [-0.15, -0.1) is 0 Å². The molecule has 6 nitrogen and oxygen atoms in total. The van der Waals surface area contributed by atoms with Crippen molar-refractivity contribution in [1.29, 1.82) is 0 Å². The van der Waals surface area contributed by atoms with Gasteiger partial charge in [-0.1, -0.05) is 35.3 Å². The smallest absolute Gasteiger partial charge is 0.258 e. The summed E-state index contributed by atoms with van der Waals surface area (Å²) in [6.07, 6.45) is 1.33. The van der Waals surface area contributed by atoms with Crippen LogP contribution in [0.3, 0.4) is 0 Å². The number of nitrogens with one attached hydrogen (secondary N) is 2. The van der Waals surface area contributed by atoms with Crippen molar-refractivity contribution in [1.82, 2.24) is 9.97 Å². The number of carbonyl (C=O) groups is 1. The molecular formula is C22H16Cl2FN3O3. The van der Waals surface area contributed by atoms with Crippen LogP contribution in [0.1, 0.15) is 22.9 Å². The van der Waals surface area contributed by atoms with Crippen LogP contribution in [-0.4, -0.2) is 26.1 Å². The predicted octanol–water partition coefficient (Wildman–Crippen LogP) is 4.98. The molecule has 9 heteroatoms. The summed E-state index contributed by atoms with van der Waals surface area (Å²) in [6.45, 7) is 0. The number of anilines is 1. The van der Waals surface area contributed by atoms with Crippen LogP contribution < -0.4 is 5.32 Å². The zero-order chi connectivity index (χ0) is 22.1. The van der Waals surface area contributed by atoms with Gasteiger partial charge in [0.1, 0.15) is 11.6 Å². The van der Waals surface area contributed by atoms with Crippen molar-refractivity contribution in [3.8, 4) is 5.75 Å². The number of benzene rings is 2. The van der Waals surface area contributed by atoms with E-state index in [9.17, 15) is 19.4 Å². The van der Waals surface area contributed by atoms with E-state index in [0.29, 0.717) is 23.0 Å². The number of aromatic hydroxyl groups is 1. The minimum Gasteiger partial charge on any atom is -0.508 e. The Morgan fingerprint density at radius 1 is 1.13 bits per heavy atom. The molecule has 0 aliphatic carbocycles. The molecule has 158 valence electrons. The first-order valence-electron chi connectivity index (χ1n) is 9.19. The van der Waals surface area contributed by atoms with E-state index in [4.69, 9.17) is 23.2 Å². The van der Waals surface area contributed by atoms with Crippen LogP contribution in [0.2, 0.25) is 10.0 Å². The molecule has 0 saturated heterocycles. The molecule has 0 saturated carbocycles. The number of phenols is 1. The second-order valence-electron chi connectivity index (χ2n) is 6.92. The van der Waals surface area contributed by atoms with E-state index >= 15 is 0 Å². The zero-order valence-corrected chi connectivity index (χ0v) is 17.4. The molecule has 1 amide bonds. The second kappa shape index (κ2) is 8.55. The van der Waals surface area contributed by atoms with Crippen LogP contribution in [0.15, 0.2) is 54.9 Å². The molecular weight excluding hydrogens is 444 g/mol. The number of H-pyrrole nitrogens is 1. The van der Waals surface area contributed by atoms with Gasteiger partial charge < -0.3 is 20.5 Å². The number of aliphatic hydroxyl groups is 1. The first-order valence-corrected chi connectivity index (χ1v) is 9.95. The summed E-state index contributed by atoms with van der Waals surface area (Å²) in [4.78, 5) is 19.9. The Bertz CT molecular complexity index is 1250. The van der Waals surface area contributed by atoms with Gasteiger partial charge in [-0.2, -0.15) is 0 Å². The molecule has 1 atom stereocenters. The van der Waals surface area contributed by atoms with Crippen molar-refractivity contribution in [2.24, 2.45) is 0 Å². The fourth-order valence-electron chi connectivity index (χ4n) is 3.37. The minimum atomic E-state index is -1.61. The van der Waals surface area contributed by atoms with E-state index in [1.165, 1.54) is 36.7 Å². The number of fused-ring (bicyclic) bond motifs is 1. The van der Waals surface area contributed by atoms with Crippen LogP contribution in [0.25, 0.3) is 10.9 Å². The zero-order valence-electron chi connectivity index (χ0n) is 15.9. The average Bonchev–Trinajstić information content (AvgIpc) is 3.08. The Labute approximate surface area is 186 Å². The minimum absolute atomic E-state index is 0.0195. The fourth-order valence-corrected chi connectivity index (χ4v) is 3.83. The second-order valence-corrected chi connectivity index (χ2v) is 7.73. The van der Waals surface area contributed by atoms with Gasteiger partial charge in [-0.05, 0) is 35.9 Å². The van der Waals surface area contributed by atoms with Crippen molar-refractivity contribution in [2.75, 3.05) is 5.32 Å². The summed E-state index contributed by atoms with van der Waals surface area (Å²) >= 11 is 12.1. The number of hydrogen-bond acceptors (Lipinski definition) is 4. The van der Waals surface area contributed by atoms with Gasteiger partial charge in [0.25, 0.3) is 5.91 Å². The van der Waals surface area contributed by atoms with Crippen LogP contribution in [0.4, 0.5) is 10.1 Å². The van der Waals surface area contributed by atoms with E-state index < -0.39 is 12.0 Å². The third kappa shape index (κ3) is 4.34. The number of phenolic OH excluding ortho intramolecular Hbond substituents is 1. The number of pyridine rings is 1. The summed E-state index contributed by atoms with van der Waals surface area (Å²) in [6, 6.07) is 10.5. The van der Waals surface area contributed by atoms with Crippen molar-refractivity contribution in [3.63, 3.8) is 0 Å². The van der Waals surface area contributed by atoms with Gasteiger partial charge >= 0.3 is 0 Å². The van der Waals surface area contributed by atoms with Gasteiger partial charge in [0.05, 0.1) is 15.7 Å². The van der Waals surface area contributed by atoms with E-state index in [-0.39, 0.29) is 32.9 Å². The average molecular weight is 460 g/mol. The summed E-state index contributed by atoms with van der Waals surface area (Å²) < 4.78 is 13.3. The molecule has 0 bridgehead atoms. The number of aromatic nitrogens is 2. The van der Waals surface area contributed by atoms with E-state index in [1.807, 2.05) is 0 Å². The molecule has 2 aromatic carbocycles. The standard InChI is InChI=1S/C22H16Cl2FN3O3/c23-15-9-26-10-16(24)20(15)28-22(31)21(30)19-14-8-13(29)5-6-17(14)27-18(19)7-11-1-3-12(25)4-2-11/h1-6,8-10,21,27,29-30H,7H2,(H,26,28,31). The molecule has 0 radical (unpaired) electrons. The molecule has 4 rings (SSSR count). The summed E-state index contributed by atoms with van der Waals surface area (Å²) in [5.74, 6) is -1.15. The molecule has 0 aliphatic heterocycles. The fraction of sp³-hybridized carbons (Fsp3) is 0.0909. The summed E-state index contributed by atoms with van der Waals surface area (Å²) in [5.41, 5.74) is 2.35. The maximum absolute atomic E-state index is 13.3. The number of hydrogen-bond donors (Lipinski definition) is 4. The molecule has 4 aromatic rings. The number of rotatable bonds is 5. The quantitative estimate of drug-likeness (QED) is 0.338. The number of nitrogens with zero attached hydrogens (tertiary/aromatic N) is 1. The number of aliphatic hydroxyl groups excluding tert-OH is 1. The van der Waals surface area contributed by atoms with E-state index in [0.717, 1.165) is 5.56 Å². The molecule has 0 fully saturated rings. The highest BCUT2D eigenvalue weighted by Crippen LogP contribution is 2.34. The van der Waals surface area contributed by atoms with Gasteiger partial charge in [0.15, 0.2) is 6.10 Å². The third-order valence-electron chi connectivity index (χ3n) is 4.82. The first kappa shape index (κ1) is 21.1. The van der Waals surface area contributed by atoms with Crippen molar-refractivity contribution in [2.45, 2.75) is 12.5 Å². The van der Waals surface area contributed by atoms with Gasteiger partial charge in [-0.3, -0.25) is 9.78 Å². The lowest BCUT2D eigenvalue weighted by Crippen LogP contribution is -2.22. The van der Waals surface area contributed by atoms with Crippen LogP contribution in [-0.2, 0) is 11.2 Å². The molecule has 31 heavy (non-hydrogen) atoms. The topological polar surface area (TPSA) is 98.2 Å². The van der Waals surface area contributed by atoms with E-state index in [2.05, 4.69) is 15.3 Å². The number of amides is 1. The third-order valence-corrected chi connectivity index (χ3v) is 5.39. The Kier molecular flexibility index (Phi) is 5.82. The lowest BCUT2D eigenvalue weighted by atomic mass is 10.00. The predicted molar refractivity (Wildman–Crippen MR) is 117 cm³/mol. The highest BCUT2D eigenvalue weighted by atomic mass is 35.5. The summed E-state index contributed by atoms with van der Waals surface area (Å²) in [7, 11) is 0. The Morgan fingerprint density at radius 2 is 1.81 bits per heavy atom. The molecule has 1 unspecified atom stereocenters. The highest BCUT2D eigenvalue weighted by Gasteiger charge is 2.26. The van der Waals surface area contributed by atoms with Crippen LogP contribution >= 0.6 is 23.2 Å². The highest BCUT2D eigenvalue weighted by molar-refractivity contribution is 6.39. The Hall–Kier alpha value is -3.13. The van der Waals surface area contributed by atoms with Crippen LogP contribution in [0, 0.1) is 5.82 Å². The molecule has 2 heterocycles. The van der Waals surface area contributed by atoms with Crippen molar-refractivity contribution >= 4 is 45.7 Å². The van der Waals surface area contributed by atoms with Gasteiger partial charge in [0.2, 0.25) is 0 Å². The monoisotopic (exact) mass is 459 g/mol. The normalized spacial score (nSPS) is 12.1. The molecule has 4 N–H and O–H groups in total. The lowest BCUT2D eigenvalue weighted by molar-refractivity contribution is -0.124. The number of aromatic amines is 1. The summed E-state index contributed by atoms with van der Waals surface area (Å²) in [5, 5.41) is 24.1.